The van der Waals surface area contributed by atoms with Gasteiger partial charge in [-0.2, -0.15) is 4.39 Å². The summed E-state index contributed by atoms with van der Waals surface area (Å²) in [5.74, 6) is -4.52. The van der Waals surface area contributed by atoms with E-state index < -0.39 is 34.3 Å². The molecular weight excluding hydrogens is 261 g/mol. The summed E-state index contributed by atoms with van der Waals surface area (Å²) in [5, 5.41) is 10.5. The monoisotopic (exact) mass is 271 g/mol. The smallest absolute Gasteiger partial charge is 0.324 e. The summed E-state index contributed by atoms with van der Waals surface area (Å²) >= 11 is 0. The largest absolute Gasteiger partial charge is 0.468 e. The van der Waals surface area contributed by atoms with Crippen LogP contribution in [0.25, 0.3) is 0 Å². The number of hydrogen-bond acceptors (Lipinski definition) is 6. The summed E-state index contributed by atoms with van der Waals surface area (Å²) in [6, 6.07) is 2.69. The van der Waals surface area contributed by atoms with E-state index in [1.54, 1.807) is 0 Å². The van der Waals surface area contributed by atoms with Gasteiger partial charge in [0, 0.05) is 6.07 Å². The predicted octanol–water partition coefficient (Wildman–Crippen LogP) is 1.16. The number of halogens is 1. The zero-order chi connectivity index (χ0) is 14.6. The Morgan fingerprint density at radius 1 is 1.26 bits per heavy atom. The van der Waals surface area contributed by atoms with E-state index in [1.165, 1.54) is 0 Å². The van der Waals surface area contributed by atoms with E-state index in [-0.39, 0.29) is 5.56 Å². The molecule has 102 valence electrons. The minimum atomic E-state index is -1.48. The Bertz CT molecular complexity index is 514. The van der Waals surface area contributed by atoms with Crippen LogP contribution in [0.4, 0.5) is 10.1 Å². The molecule has 0 saturated heterocycles. The molecule has 0 N–H and O–H groups in total. The number of carbonyl (C=O) groups excluding carboxylic acids is 2. The van der Waals surface area contributed by atoms with Gasteiger partial charge in [-0.3, -0.25) is 19.7 Å². The molecule has 0 heterocycles. The molecule has 7 nitrogen and oxygen atoms in total. The van der Waals surface area contributed by atoms with E-state index in [0.717, 1.165) is 32.4 Å². The van der Waals surface area contributed by atoms with Crippen LogP contribution in [0.2, 0.25) is 0 Å². The Hall–Kier alpha value is -2.51. The number of carbonyl (C=O) groups is 2. The van der Waals surface area contributed by atoms with Gasteiger partial charge in [0.05, 0.1) is 19.1 Å². The van der Waals surface area contributed by atoms with E-state index >= 15 is 0 Å². The molecule has 0 bridgehead atoms. The Morgan fingerprint density at radius 2 is 1.79 bits per heavy atom. The number of benzene rings is 1. The van der Waals surface area contributed by atoms with E-state index in [1.807, 2.05) is 0 Å². The highest BCUT2D eigenvalue weighted by Gasteiger charge is 2.32. The number of nitro benzene ring substituents is 1. The molecule has 0 saturated carbocycles. The lowest BCUT2D eigenvalue weighted by molar-refractivity contribution is -0.387. The number of methoxy groups -OCH3 is 2. The van der Waals surface area contributed by atoms with Gasteiger partial charge < -0.3 is 9.47 Å². The van der Waals surface area contributed by atoms with Gasteiger partial charge in [0.1, 0.15) is 0 Å². The molecule has 0 aliphatic rings. The minimum absolute atomic E-state index is 0.0817. The minimum Gasteiger partial charge on any atom is -0.468 e. The molecule has 0 fully saturated rings. The highest BCUT2D eigenvalue weighted by molar-refractivity contribution is 6.00. The van der Waals surface area contributed by atoms with Crippen molar-refractivity contribution in [1.82, 2.24) is 0 Å². The second-order valence-corrected chi connectivity index (χ2v) is 3.45. The van der Waals surface area contributed by atoms with E-state index in [9.17, 15) is 24.1 Å². The summed E-state index contributed by atoms with van der Waals surface area (Å²) in [5.41, 5.74) is -0.834. The Kier molecular flexibility index (Phi) is 4.51. The van der Waals surface area contributed by atoms with Gasteiger partial charge >= 0.3 is 17.6 Å². The number of hydrogen-bond donors (Lipinski definition) is 0. The Morgan fingerprint density at radius 3 is 2.16 bits per heavy atom. The highest BCUT2D eigenvalue weighted by atomic mass is 19.1. The summed E-state index contributed by atoms with van der Waals surface area (Å²) in [7, 11) is 2.11. The molecule has 0 spiro atoms. The zero-order valence-corrected chi connectivity index (χ0v) is 10.1. The molecule has 19 heavy (non-hydrogen) atoms. The van der Waals surface area contributed by atoms with Crippen LogP contribution in [-0.2, 0) is 19.1 Å². The Balaban J connectivity index is 3.24. The van der Waals surface area contributed by atoms with E-state index in [0.29, 0.717) is 0 Å². The molecule has 1 aromatic carbocycles. The molecule has 0 radical (unpaired) electrons. The molecule has 1 rings (SSSR count). The standard InChI is InChI=1S/C11H10FNO6/c1-18-10(14)9(11(15)19-2)6-3-4-8(13(16)17)7(12)5-6/h3-5,9H,1-2H3. The molecule has 0 atom stereocenters. The fourth-order valence-electron chi connectivity index (χ4n) is 1.45. The van der Waals surface area contributed by atoms with Gasteiger partial charge in [0.15, 0.2) is 5.92 Å². The summed E-state index contributed by atoms with van der Waals surface area (Å²) in [6.07, 6.45) is 0. The average Bonchev–Trinajstić information content (AvgIpc) is 2.38. The second kappa shape index (κ2) is 5.89. The van der Waals surface area contributed by atoms with Crippen LogP contribution in [0, 0.1) is 15.9 Å². The Labute approximate surface area is 107 Å². The molecule has 0 aromatic heterocycles. The van der Waals surface area contributed by atoms with Gasteiger partial charge in [-0.25, -0.2) is 0 Å². The molecule has 1 aromatic rings. The number of nitrogens with zero attached hydrogens (tertiary/aromatic N) is 1. The number of esters is 2. The van der Waals surface area contributed by atoms with Crippen molar-refractivity contribution in [2.75, 3.05) is 14.2 Å². The molecule has 0 amide bonds. The SMILES string of the molecule is COC(=O)C(C(=O)OC)c1ccc([N+](=O)[O-])c(F)c1. The van der Waals surface area contributed by atoms with Crippen molar-refractivity contribution in [2.45, 2.75) is 5.92 Å². The van der Waals surface area contributed by atoms with Crippen LogP contribution in [0.1, 0.15) is 11.5 Å². The molecule has 0 aliphatic carbocycles. The maximum Gasteiger partial charge on any atom is 0.324 e. The number of ether oxygens (including phenoxy) is 2. The highest BCUT2D eigenvalue weighted by Crippen LogP contribution is 2.25. The third-order valence-electron chi connectivity index (χ3n) is 2.38. The van der Waals surface area contributed by atoms with Crippen LogP contribution < -0.4 is 0 Å². The van der Waals surface area contributed by atoms with Crippen LogP contribution in [0.3, 0.4) is 0 Å². The van der Waals surface area contributed by atoms with Crippen LogP contribution in [0.15, 0.2) is 18.2 Å². The van der Waals surface area contributed by atoms with Gasteiger partial charge in [0.25, 0.3) is 0 Å². The van der Waals surface area contributed by atoms with E-state index in [4.69, 9.17) is 0 Å². The lowest BCUT2D eigenvalue weighted by Crippen LogP contribution is -2.24. The lowest BCUT2D eigenvalue weighted by Gasteiger charge is -2.12. The van der Waals surface area contributed by atoms with Crippen molar-refractivity contribution in [2.24, 2.45) is 0 Å². The lowest BCUT2D eigenvalue weighted by atomic mass is 9.99. The van der Waals surface area contributed by atoms with Crippen LogP contribution in [0.5, 0.6) is 0 Å². The van der Waals surface area contributed by atoms with Crippen LogP contribution in [-0.4, -0.2) is 31.1 Å². The first kappa shape index (κ1) is 14.6. The van der Waals surface area contributed by atoms with Gasteiger partial charge in [-0.15, -0.1) is 0 Å². The maximum atomic E-state index is 13.5. The van der Waals surface area contributed by atoms with Gasteiger partial charge in [-0.05, 0) is 11.6 Å². The van der Waals surface area contributed by atoms with Crippen LogP contribution >= 0.6 is 0 Å². The topological polar surface area (TPSA) is 95.7 Å². The van der Waals surface area contributed by atoms with Gasteiger partial charge in [0.2, 0.25) is 5.82 Å². The molecule has 0 unspecified atom stereocenters. The first-order valence-corrected chi connectivity index (χ1v) is 5.01. The summed E-state index contributed by atoms with van der Waals surface area (Å²) in [6.45, 7) is 0. The first-order chi connectivity index (χ1) is 8.92. The second-order valence-electron chi connectivity index (χ2n) is 3.45. The van der Waals surface area contributed by atoms with Gasteiger partial charge in [-0.1, -0.05) is 6.07 Å². The van der Waals surface area contributed by atoms with Crippen molar-refractivity contribution < 1.29 is 28.4 Å². The van der Waals surface area contributed by atoms with Crippen molar-refractivity contribution in [1.29, 1.82) is 0 Å². The average molecular weight is 271 g/mol. The third-order valence-corrected chi connectivity index (χ3v) is 2.38. The summed E-state index contributed by atoms with van der Waals surface area (Å²) < 4.78 is 22.3. The zero-order valence-electron chi connectivity index (χ0n) is 10.1. The fourth-order valence-corrected chi connectivity index (χ4v) is 1.45. The van der Waals surface area contributed by atoms with Crippen molar-refractivity contribution in [3.05, 3.63) is 39.7 Å². The molecular formula is C11H10FNO6. The molecule has 8 heteroatoms. The van der Waals surface area contributed by atoms with Crippen molar-refractivity contribution in [3.8, 4) is 0 Å². The van der Waals surface area contributed by atoms with Crippen molar-refractivity contribution in [3.63, 3.8) is 0 Å². The normalized spacial score (nSPS) is 10.1. The molecule has 0 aliphatic heterocycles. The summed E-state index contributed by atoms with van der Waals surface area (Å²) in [4.78, 5) is 32.5. The maximum absolute atomic E-state index is 13.5. The predicted molar refractivity (Wildman–Crippen MR) is 59.8 cm³/mol. The van der Waals surface area contributed by atoms with E-state index in [2.05, 4.69) is 9.47 Å². The number of rotatable bonds is 4. The fraction of sp³-hybridized carbons (Fsp3) is 0.273. The number of nitro groups is 1. The van der Waals surface area contributed by atoms with Crippen molar-refractivity contribution >= 4 is 17.6 Å². The third kappa shape index (κ3) is 3.03. The quantitative estimate of drug-likeness (QED) is 0.353. The first-order valence-electron chi connectivity index (χ1n) is 5.01.